The van der Waals surface area contributed by atoms with Crippen LogP contribution in [0.15, 0.2) is 42.6 Å². The average molecular weight is 341 g/mol. The van der Waals surface area contributed by atoms with Gasteiger partial charge in [0.05, 0.1) is 11.4 Å². The van der Waals surface area contributed by atoms with E-state index >= 15 is 0 Å². The molecule has 1 aliphatic rings. The molecule has 1 aromatic carbocycles. The maximum absolute atomic E-state index is 12.2. The van der Waals surface area contributed by atoms with Crippen LogP contribution < -0.4 is 5.32 Å². The number of imide groups is 1. The second-order valence-electron chi connectivity index (χ2n) is 6.84. The van der Waals surface area contributed by atoms with Gasteiger partial charge in [-0.25, -0.2) is 9.48 Å². The Morgan fingerprint density at radius 3 is 2.52 bits per heavy atom. The Balaban J connectivity index is 1.55. The molecule has 0 unspecified atom stereocenters. The Hall–Kier alpha value is -2.67. The van der Waals surface area contributed by atoms with Gasteiger partial charge in [0, 0.05) is 25.8 Å². The monoisotopic (exact) mass is 341 g/mol. The summed E-state index contributed by atoms with van der Waals surface area (Å²) in [5.74, 6) is -0.181. The lowest BCUT2D eigenvalue weighted by Crippen LogP contribution is -2.41. The molecule has 1 saturated heterocycles. The summed E-state index contributed by atoms with van der Waals surface area (Å²) in [6, 6.07) is 11.6. The van der Waals surface area contributed by atoms with Crippen LogP contribution in [0.2, 0.25) is 0 Å². The van der Waals surface area contributed by atoms with Crippen LogP contribution in [0.25, 0.3) is 5.69 Å². The number of nitrogens with zero attached hydrogens (tertiary/aromatic N) is 4. The molecule has 1 fully saturated rings. The van der Waals surface area contributed by atoms with E-state index in [0.717, 1.165) is 11.4 Å². The van der Waals surface area contributed by atoms with Gasteiger partial charge in [-0.15, -0.1) is 0 Å². The topological polar surface area (TPSA) is 70.5 Å². The van der Waals surface area contributed by atoms with E-state index in [1.807, 2.05) is 59.2 Å². The molecule has 3 rings (SSSR count). The summed E-state index contributed by atoms with van der Waals surface area (Å²) in [7, 11) is 1.95. The summed E-state index contributed by atoms with van der Waals surface area (Å²) >= 11 is 0. The number of hydrogen-bond donors (Lipinski definition) is 1. The standard InChI is InChI=1S/C18H23N5O2/c1-18(2)16(24)22(17(25)19-18)12-11-21(3)13-14-9-10-23(20-14)15-7-5-4-6-8-15/h4-10H,11-13H2,1-3H3,(H,19,25). The zero-order valence-corrected chi connectivity index (χ0v) is 14.8. The molecular weight excluding hydrogens is 318 g/mol. The minimum Gasteiger partial charge on any atom is -0.324 e. The van der Waals surface area contributed by atoms with Gasteiger partial charge in [-0.1, -0.05) is 18.2 Å². The lowest BCUT2D eigenvalue weighted by atomic mass is 10.1. The third-order valence-corrected chi connectivity index (χ3v) is 4.25. The molecule has 7 heteroatoms. The van der Waals surface area contributed by atoms with Crippen LogP contribution in [0.4, 0.5) is 4.79 Å². The third-order valence-electron chi connectivity index (χ3n) is 4.25. The van der Waals surface area contributed by atoms with Crippen molar-refractivity contribution in [2.75, 3.05) is 20.1 Å². The molecule has 7 nitrogen and oxygen atoms in total. The van der Waals surface area contributed by atoms with Crippen molar-refractivity contribution in [3.63, 3.8) is 0 Å². The number of likely N-dealkylation sites (N-methyl/N-ethyl adjacent to an activating group) is 1. The van der Waals surface area contributed by atoms with Crippen molar-refractivity contribution in [1.29, 1.82) is 0 Å². The predicted octanol–water partition coefficient (Wildman–Crippen LogP) is 1.63. The minimum atomic E-state index is -0.815. The average Bonchev–Trinajstić information content (AvgIpc) is 3.10. The van der Waals surface area contributed by atoms with Crippen LogP contribution in [0.1, 0.15) is 19.5 Å². The molecule has 1 aliphatic heterocycles. The van der Waals surface area contributed by atoms with Gasteiger partial charge in [-0.2, -0.15) is 5.10 Å². The smallest absolute Gasteiger partial charge is 0.324 e. The number of rotatable bonds is 6. The fraction of sp³-hybridized carbons (Fsp3) is 0.389. The first kappa shape index (κ1) is 17.2. The van der Waals surface area contributed by atoms with Crippen LogP contribution in [0.3, 0.4) is 0 Å². The molecule has 0 spiro atoms. The first-order valence-electron chi connectivity index (χ1n) is 8.29. The van der Waals surface area contributed by atoms with E-state index in [9.17, 15) is 9.59 Å². The zero-order chi connectivity index (χ0) is 18.0. The van der Waals surface area contributed by atoms with E-state index in [2.05, 4.69) is 10.4 Å². The molecular formula is C18H23N5O2. The van der Waals surface area contributed by atoms with Crippen LogP contribution >= 0.6 is 0 Å². The van der Waals surface area contributed by atoms with E-state index < -0.39 is 5.54 Å². The Morgan fingerprint density at radius 1 is 1.16 bits per heavy atom. The number of carbonyl (C=O) groups excluding carboxylic acids is 2. The largest absolute Gasteiger partial charge is 0.325 e. The molecule has 0 aliphatic carbocycles. The predicted molar refractivity (Wildman–Crippen MR) is 94.2 cm³/mol. The highest BCUT2D eigenvalue weighted by Crippen LogP contribution is 2.16. The number of benzene rings is 1. The molecule has 3 amide bonds. The van der Waals surface area contributed by atoms with E-state index in [1.165, 1.54) is 4.90 Å². The summed E-state index contributed by atoms with van der Waals surface area (Å²) in [5, 5.41) is 7.26. The van der Waals surface area contributed by atoms with Crippen LogP contribution in [0, 0.1) is 0 Å². The van der Waals surface area contributed by atoms with Crippen molar-refractivity contribution < 1.29 is 9.59 Å². The number of hydrogen-bond acceptors (Lipinski definition) is 4. The normalized spacial score (nSPS) is 16.6. The third kappa shape index (κ3) is 3.71. The summed E-state index contributed by atoms with van der Waals surface area (Å²) < 4.78 is 1.84. The number of carbonyl (C=O) groups is 2. The molecule has 0 saturated carbocycles. The Labute approximate surface area is 147 Å². The van der Waals surface area contributed by atoms with Crippen LogP contribution in [0.5, 0.6) is 0 Å². The number of amides is 3. The van der Waals surface area contributed by atoms with Gasteiger partial charge in [-0.3, -0.25) is 14.6 Å². The summed E-state index contributed by atoms with van der Waals surface area (Å²) in [6.45, 7) is 5.03. The maximum atomic E-state index is 12.2. The zero-order valence-electron chi connectivity index (χ0n) is 14.8. The Morgan fingerprint density at radius 2 is 1.88 bits per heavy atom. The van der Waals surface area contributed by atoms with Crippen molar-refractivity contribution in [1.82, 2.24) is 24.9 Å². The molecule has 132 valence electrons. The maximum Gasteiger partial charge on any atom is 0.325 e. The summed E-state index contributed by atoms with van der Waals surface area (Å²) in [6.07, 6.45) is 1.93. The van der Waals surface area contributed by atoms with Crippen LogP contribution in [-0.4, -0.2) is 57.2 Å². The molecule has 2 aromatic rings. The SMILES string of the molecule is CN(CCN1C(=O)NC(C)(C)C1=O)Cc1ccn(-c2ccccc2)n1. The fourth-order valence-electron chi connectivity index (χ4n) is 2.82. The van der Waals surface area contributed by atoms with Crippen molar-refractivity contribution in [2.24, 2.45) is 0 Å². The molecule has 2 heterocycles. The highest BCUT2D eigenvalue weighted by Gasteiger charge is 2.43. The molecule has 0 bridgehead atoms. The lowest BCUT2D eigenvalue weighted by Gasteiger charge is -2.20. The number of aromatic nitrogens is 2. The van der Waals surface area contributed by atoms with Crippen molar-refractivity contribution in [2.45, 2.75) is 25.9 Å². The number of urea groups is 1. The molecule has 25 heavy (non-hydrogen) atoms. The van der Waals surface area contributed by atoms with E-state index in [4.69, 9.17) is 0 Å². The van der Waals surface area contributed by atoms with Crippen LogP contribution in [-0.2, 0) is 11.3 Å². The van der Waals surface area contributed by atoms with Gasteiger partial charge in [-0.05, 0) is 39.1 Å². The van der Waals surface area contributed by atoms with Crippen molar-refractivity contribution >= 4 is 11.9 Å². The number of nitrogens with one attached hydrogen (secondary N) is 1. The van der Waals surface area contributed by atoms with Gasteiger partial charge in [0.25, 0.3) is 5.91 Å². The molecule has 1 aromatic heterocycles. The summed E-state index contributed by atoms with van der Waals surface area (Å²) in [5.41, 5.74) is 1.13. The van der Waals surface area contributed by atoms with E-state index in [-0.39, 0.29) is 11.9 Å². The Bertz CT molecular complexity index is 769. The van der Waals surface area contributed by atoms with Gasteiger partial charge in [0.2, 0.25) is 0 Å². The molecule has 0 atom stereocenters. The minimum absolute atomic E-state index is 0.181. The second-order valence-corrected chi connectivity index (χ2v) is 6.84. The van der Waals surface area contributed by atoms with Gasteiger partial charge in [0.15, 0.2) is 0 Å². The second kappa shape index (κ2) is 6.68. The highest BCUT2D eigenvalue weighted by molar-refractivity contribution is 6.06. The fourth-order valence-corrected chi connectivity index (χ4v) is 2.82. The first-order valence-corrected chi connectivity index (χ1v) is 8.29. The summed E-state index contributed by atoms with van der Waals surface area (Å²) in [4.78, 5) is 27.4. The molecule has 0 radical (unpaired) electrons. The van der Waals surface area contributed by atoms with E-state index in [0.29, 0.717) is 19.6 Å². The quantitative estimate of drug-likeness (QED) is 0.811. The highest BCUT2D eigenvalue weighted by atomic mass is 16.2. The van der Waals surface area contributed by atoms with Crippen molar-refractivity contribution in [3.8, 4) is 5.69 Å². The molecule has 1 N–H and O–H groups in total. The van der Waals surface area contributed by atoms with Gasteiger partial charge < -0.3 is 5.32 Å². The van der Waals surface area contributed by atoms with Crippen molar-refractivity contribution in [3.05, 3.63) is 48.3 Å². The van der Waals surface area contributed by atoms with E-state index in [1.54, 1.807) is 13.8 Å². The lowest BCUT2D eigenvalue weighted by molar-refractivity contribution is -0.130. The Kier molecular flexibility index (Phi) is 4.59. The first-order chi connectivity index (χ1) is 11.9. The van der Waals surface area contributed by atoms with Gasteiger partial charge in [0.1, 0.15) is 5.54 Å². The van der Waals surface area contributed by atoms with Gasteiger partial charge >= 0.3 is 6.03 Å². The number of para-hydroxylation sites is 1.